The Morgan fingerprint density at radius 3 is 2.78 bits per heavy atom. The fraction of sp³-hybridized carbons (Fsp3) is 0.368. The van der Waals surface area contributed by atoms with Crippen molar-refractivity contribution in [2.24, 2.45) is 5.92 Å². The van der Waals surface area contributed by atoms with Gasteiger partial charge in [0, 0.05) is 24.0 Å². The van der Waals surface area contributed by atoms with Crippen LogP contribution in [0.15, 0.2) is 36.4 Å². The van der Waals surface area contributed by atoms with Crippen LogP contribution in [-0.4, -0.2) is 36.3 Å². The van der Waals surface area contributed by atoms with Gasteiger partial charge in [0.1, 0.15) is 6.54 Å². The molecule has 0 aliphatic carbocycles. The van der Waals surface area contributed by atoms with Crippen molar-refractivity contribution in [3.8, 4) is 0 Å². The fourth-order valence-corrected chi connectivity index (χ4v) is 3.79. The Labute approximate surface area is 135 Å². The molecule has 118 valence electrons. The molecule has 2 heterocycles. The second-order valence-electron chi connectivity index (χ2n) is 6.66. The van der Waals surface area contributed by atoms with Crippen molar-refractivity contribution in [3.63, 3.8) is 0 Å². The van der Waals surface area contributed by atoms with Crippen molar-refractivity contribution in [1.29, 1.82) is 0 Å². The quantitative estimate of drug-likeness (QED) is 0.855. The molecule has 0 bridgehead atoms. The molecule has 4 nitrogen and oxygen atoms in total. The molecule has 2 aliphatic rings. The first-order valence-electron chi connectivity index (χ1n) is 8.26. The minimum atomic E-state index is -0.0600. The van der Waals surface area contributed by atoms with Gasteiger partial charge in [-0.05, 0) is 36.3 Å². The minimum Gasteiger partial charge on any atom is -0.341 e. The molecule has 0 aromatic heterocycles. The van der Waals surface area contributed by atoms with E-state index in [-0.39, 0.29) is 18.4 Å². The third kappa shape index (κ3) is 2.29. The first-order chi connectivity index (χ1) is 11.1. The number of rotatable bonds is 2. The SMILES string of the molecule is C[C@@H]1CCCN(C(=O)CN2C(=O)c3cccc4cccc2c34)C1. The largest absolute Gasteiger partial charge is 0.341 e. The van der Waals surface area contributed by atoms with Gasteiger partial charge in [0.15, 0.2) is 0 Å². The average molecular weight is 308 g/mol. The van der Waals surface area contributed by atoms with Crippen LogP contribution in [0, 0.1) is 5.92 Å². The molecule has 4 heteroatoms. The highest BCUT2D eigenvalue weighted by atomic mass is 16.2. The summed E-state index contributed by atoms with van der Waals surface area (Å²) in [5.41, 5.74) is 1.57. The lowest BCUT2D eigenvalue weighted by Crippen LogP contribution is -2.45. The van der Waals surface area contributed by atoms with E-state index < -0.39 is 0 Å². The number of carbonyl (C=O) groups excluding carboxylic acids is 2. The first-order valence-corrected chi connectivity index (χ1v) is 8.26. The number of benzene rings is 2. The van der Waals surface area contributed by atoms with Crippen LogP contribution in [0.1, 0.15) is 30.1 Å². The van der Waals surface area contributed by atoms with E-state index in [0.29, 0.717) is 11.5 Å². The summed E-state index contributed by atoms with van der Waals surface area (Å²) >= 11 is 0. The molecule has 0 radical (unpaired) electrons. The second-order valence-corrected chi connectivity index (χ2v) is 6.66. The number of carbonyl (C=O) groups is 2. The van der Waals surface area contributed by atoms with Gasteiger partial charge in [-0.3, -0.25) is 14.5 Å². The molecule has 0 N–H and O–H groups in total. The van der Waals surface area contributed by atoms with E-state index in [1.807, 2.05) is 41.3 Å². The van der Waals surface area contributed by atoms with Crippen LogP contribution in [0.4, 0.5) is 5.69 Å². The molecule has 1 atom stereocenters. The zero-order valence-corrected chi connectivity index (χ0v) is 13.3. The van der Waals surface area contributed by atoms with E-state index in [4.69, 9.17) is 0 Å². The number of likely N-dealkylation sites (tertiary alicyclic amines) is 1. The summed E-state index contributed by atoms with van der Waals surface area (Å²) in [7, 11) is 0. The number of hydrogen-bond donors (Lipinski definition) is 0. The highest BCUT2D eigenvalue weighted by Crippen LogP contribution is 2.37. The second kappa shape index (κ2) is 5.37. The van der Waals surface area contributed by atoms with Gasteiger partial charge in [-0.25, -0.2) is 0 Å². The van der Waals surface area contributed by atoms with E-state index in [9.17, 15) is 9.59 Å². The summed E-state index contributed by atoms with van der Waals surface area (Å²) in [6.45, 7) is 3.93. The normalized spacial score (nSPS) is 20.4. The number of nitrogens with zero attached hydrogens (tertiary/aromatic N) is 2. The van der Waals surface area contributed by atoms with Gasteiger partial charge in [-0.1, -0.05) is 31.2 Å². The smallest absolute Gasteiger partial charge is 0.259 e. The topological polar surface area (TPSA) is 40.6 Å². The average Bonchev–Trinajstić information content (AvgIpc) is 2.83. The summed E-state index contributed by atoms with van der Waals surface area (Å²) in [6, 6.07) is 11.6. The molecule has 0 unspecified atom stereocenters. The van der Waals surface area contributed by atoms with Crippen LogP contribution in [-0.2, 0) is 4.79 Å². The van der Waals surface area contributed by atoms with Gasteiger partial charge < -0.3 is 4.90 Å². The molecular formula is C19H20N2O2. The van der Waals surface area contributed by atoms with E-state index in [0.717, 1.165) is 36.0 Å². The zero-order valence-electron chi connectivity index (χ0n) is 13.3. The van der Waals surface area contributed by atoms with E-state index in [1.165, 1.54) is 6.42 Å². The van der Waals surface area contributed by atoms with Crippen molar-refractivity contribution in [1.82, 2.24) is 4.90 Å². The maximum atomic E-state index is 12.7. The Kier molecular flexibility index (Phi) is 3.33. The van der Waals surface area contributed by atoms with Crippen molar-refractivity contribution < 1.29 is 9.59 Å². The third-order valence-corrected chi connectivity index (χ3v) is 4.95. The van der Waals surface area contributed by atoms with Crippen LogP contribution in [0.5, 0.6) is 0 Å². The van der Waals surface area contributed by atoms with Crippen LogP contribution in [0.25, 0.3) is 10.8 Å². The first kappa shape index (κ1) is 14.2. The molecule has 0 spiro atoms. The number of amides is 2. The molecule has 23 heavy (non-hydrogen) atoms. The summed E-state index contributed by atoms with van der Waals surface area (Å²) in [4.78, 5) is 28.9. The van der Waals surface area contributed by atoms with Gasteiger partial charge in [0.05, 0.1) is 5.69 Å². The number of anilines is 1. The maximum Gasteiger partial charge on any atom is 0.259 e. The van der Waals surface area contributed by atoms with E-state index in [2.05, 4.69) is 6.92 Å². The Morgan fingerprint density at radius 2 is 2.00 bits per heavy atom. The molecular weight excluding hydrogens is 288 g/mol. The zero-order chi connectivity index (χ0) is 16.0. The molecule has 2 aromatic rings. The van der Waals surface area contributed by atoms with Crippen molar-refractivity contribution in [3.05, 3.63) is 42.0 Å². The van der Waals surface area contributed by atoms with Crippen molar-refractivity contribution >= 4 is 28.3 Å². The summed E-state index contributed by atoms with van der Waals surface area (Å²) in [5.74, 6) is 0.535. The summed E-state index contributed by atoms with van der Waals surface area (Å²) < 4.78 is 0. The van der Waals surface area contributed by atoms with E-state index in [1.54, 1.807) is 4.90 Å². The minimum absolute atomic E-state index is 0.0507. The molecule has 1 fully saturated rings. The molecule has 2 aliphatic heterocycles. The van der Waals surface area contributed by atoms with Crippen molar-refractivity contribution in [2.75, 3.05) is 24.5 Å². The van der Waals surface area contributed by atoms with Crippen LogP contribution >= 0.6 is 0 Å². The standard InChI is InChI=1S/C19H20N2O2/c1-13-5-4-10-20(11-13)17(22)12-21-16-9-3-7-14-6-2-8-15(18(14)16)19(21)23/h2-3,6-9,13H,4-5,10-12H2,1H3/t13-/m1/s1. The van der Waals surface area contributed by atoms with Gasteiger partial charge in [-0.2, -0.15) is 0 Å². The maximum absolute atomic E-state index is 12.7. The Balaban J connectivity index is 1.63. The highest BCUT2D eigenvalue weighted by molar-refractivity contribution is 6.26. The van der Waals surface area contributed by atoms with Crippen LogP contribution in [0.3, 0.4) is 0 Å². The summed E-state index contributed by atoms with van der Waals surface area (Å²) in [6.07, 6.45) is 2.23. The van der Waals surface area contributed by atoms with Gasteiger partial charge >= 0.3 is 0 Å². The van der Waals surface area contributed by atoms with Gasteiger partial charge in [-0.15, -0.1) is 0 Å². The van der Waals surface area contributed by atoms with E-state index >= 15 is 0 Å². The third-order valence-electron chi connectivity index (χ3n) is 4.95. The lowest BCUT2D eigenvalue weighted by molar-refractivity contribution is -0.131. The van der Waals surface area contributed by atoms with Crippen molar-refractivity contribution in [2.45, 2.75) is 19.8 Å². The van der Waals surface area contributed by atoms with Gasteiger partial charge in [0.25, 0.3) is 5.91 Å². The molecule has 0 saturated carbocycles. The predicted molar refractivity (Wildman–Crippen MR) is 90.6 cm³/mol. The Hall–Kier alpha value is -2.36. The van der Waals surface area contributed by atoms with Crippen LogP contribution in [0.2, 0.25) is 0 Å². The van der Waals surface area contributed by atoms with Crippen LogP contribution < -0.4 is 4.90 Å². The summed E-state index contributed by atoms with van der Waals surface area (Å²) in [5, 5.41) is 2.02. The lowest BCUT2D eigenvalue weighted by Gasteiger charge is -2.32. The molecule has 2 aromatic carbocycles. The molecule has 2 amide bonds. The Morgan fingerprint density at radius 1 is 1.22 bits per heavy atom. The predicted octanol–water partition coefficient (Wildman–Crippen LogP) is 3.06. The fourth-order valence-electron chi connectivity index (χ4n) is 3.79. The number of piperidine rings is 1. The lowest BCUT2D eigenvalue weighted by atomic mass is 10.0. The molecule has 1 saturated heterocycles. The Bertz CT molecular complexity index is 794. The monoisotopic (exact) mass is 308 g/mol. The molecule has 4 rings (SSSR count). The van der Waals surface area contributed by atoms with Gasteiger partial charge in [0.2, 0.25) is 5.91 Å². The highest BCUT2D eigenvalue weighted by Gasteiger charge is 2.32. The number of hydrogen-bond acceptors (Lipinski definition) is 2.